The summed E-state index contributed by atoms with van der Waals surface area (Å²) in [5.74, 6) is 0. The molecule has 3 nitrogen and oxygen atoms in total. The van der Waals surface area contributed by atoms with Gasteiger partial charge < -0.3 is 5.32 Å². The second kappa shape index (κ2) is 6.90. The van der Waals surface area contributed by atoms with Crippen molar-refractivity contribution in [3.05, 3.63) is 29.1 Å². The predicted octanol–water partition coefficient (Wildman–Crippen LogP) is 3.23. The van der Waals surface area contributed by atoms with Gasteiger partial charge in [0.15, 0.2) is 0 Å². The zero-order valence-electron chi connectivity index (χ0n) is 12.6. The first kappa shape index (κ1) is 14.3. The highest BCUT2D eigenvalue weighted by Gasteiger charge is 2.14. The van der Waals surface area contributed by atoms with Crippen LogP contribution in [0.25, 0.3) is 0 Å². The van der Waals surface area contributed by atoms with Crippen LogP contribution >= 0.6 is 0 Å². The van der Waals surface area contributed by atoms with Crippen LogP contribution in [0.3, 0.4) is 0 Å². The minimum Gasteiger partial charge on any atom is -0.316 e. The number of allylic oxidation sites excluding steroid dienone is 1. The number of aryl methyl sites for hydroxylation is 2. The van der Waals surface area contributed by atoms with Crippen LogP contribution in [0, 0.1) is 6.92 Å². The van der Waals surface area contributed by atoms with E-state index in [1.165, 1.54) is 37.8 Å². The van der Waals surface area contributed by atoms with Crippen LogP contribution in [-0.2, 0) is 13.0 Å². The topological polar surface area (TPSA) is 29.9 Å². The van der Waals surface area contributed by atoms with Crippen LogP contribution in [0.2, 0.25) is 0 Å². The second-order valence-electron chi connectivity index (χ2n) is 5.59. The number of nitrogens with one attached hydrogen (secondary N) is 1. The summed E-state index contributed by atoms with van der Waals surface area (Å²) >= 11 is 0. The molecule has 0 bridgehead atoms. The van der Waals surface area contributed by atoms with Gasteiger partial charge in [-0.1, -0.05) is 11.6 Å². The lowest BCUT2D eigenvalue weighted by atomic mass is 9.93. The van der Waals surface area contributed by atoms with Gasteiger partial charge >= 0.3 is 0 Å². The van der Waals surface area contributed by atoms with E-state index in [0.29, 0.717) is 6.04 Å². The Morgan fingerprint density at radius 3 is 2.84 bits per heavy atom. The SMILES string of the molecule is CCn1nc(C)cc1CC(CC1=CCCCC1)NC. The van der Waals surface area contributed by atoms with Crippen molar-refractivity contribution in [1.29, 1.82) is 0 Å². The van der Waals surface area contributed by atoms with E-state index < -0.39 is 0 Å². The molecule has 0 fully saturated rings. The third kappa shape index (κ3) is 3.93. The minimum atomic E-state index is 0.533. The number of hydrogen-bond acceptors (Lipinski definition) is 2. The van der Waals surface area contributed by atoms with E-state index in [2.05, 4.69) is 48.1 Å². The smallest absolute Gasteiger partial charge is 0.0596 e. The van der Waals surface area contributed by atoms with Crippen molar-refractivity contribution in [2.45, 2.75) is 65.0 Å². The van der Waals surface area contributed by atoms with Gasteiger partial charge in [-0.3, -0.25) is 4.68 Å². The third-order valence-corrected chi connectivity index (χ3v) is 4.04. The van der Waals surface area contributed by atoms with Crippen molar-refractivity contribution < 1.29 is 0 Å². The van der Waals surface area contributed by atoms with E-state index >= 15 is 0 Å². The number of nitrogens with zero attached hydrogens (tertiary/aromatic N) is 2. The first-order valence-electron chi connectivity index (χ1n) is 7.61. The van der Waals surface area contributed by atoms with Gasteiger partial charge in [-0.2, -0.15) is 5.10 Å². The molecule has 1 atom stereocenters. The fourth-order valence-corrected chi connectivity index (χ4v) is 2.97. The molecule has 0 saturated heterocycles. The van der Waals surface area contributed by atoms with E-state index in [0.717, 1.165) is 18.7 Å². The Kier molecular flexibility index (Phi) is 5.20. The quantitative estimate of drug-likeness (QED) is 0.797. The number of likely N-dealkylation sites (N-methyl/N-ethyl adjacent to an activating group) is 1. The molecule has 0 aromatic carbocycles. The molecule has 106 valence electrons. The third-order valence-electron chi connectivity index (χ3n) is 4.04. The normalized spacial score (nSPS) is 17.3. The number of rotatable bonds is 6. The molecule has 1 aromatic rings. The van der Waals surface area contributed by atoms with Crippen molar-refractivity contribution in [3.63, 3.8) is 0 Å². The van der Waals surface area contributed by atoms with Gasteiger partial charge in [-0.25, -0.2) is 0 Å². The Bertz CT molecular complexity index is 431. The summed E-state index contributed by atoms with van der Waals surface area (Å²) in [5.41, 5.74) is 4.13. The molecule has 19 heavy (non-hydrogen) atoms. The lowest BCUT2D eigenvalue weighted by Crippen LogP contribution is -2.29. The molecular formula is C16H27N3. The summed E-state index contributed by atoms with van der Waals surface area (Å²) in [7, 11) is 2.08. The lowest BCUT2D eigenvalue weighted by molar-refractivity contribution is 0.505. The maximum atomic E-state index is 4.54. The lowest BCUT2D eigenvalue weighted by Gasteiger charge is -2.20. The predicted molar refractivity (Wildman–Crippen MR) is 80.4 cm³/mol. The molecule has 2 rings (SSSR count). The van der Waals surface area contributed by atoms with Crippen molar-refractivity contribution >= 4 is 0 Å². The zero-order valence-corrected chi connectivity index (χ0v) is 12.6. The van der Waals surface area contributed by atoms with Crippen LogP contribution in [0.1, 0.15) is 50.4 Å². The van der Waals surface area contributed by atoms with Gasteiger partial charge in [0.05, 0.1) is 5.69 Å². The van der Waals surface area contributed by atoms with Gasteiger partial charge in [0.25, 0.3) is 0 Å². The summed E-state index contributed by atoms with van der Waals surface area (Å²) in [6.07, 6.45) is 10.0. The van der Waals surface area contributed by atoms with Crippen molar-refractivity contribution in [2.24, 2.45) is 0 Å². The second-order valence-corrected chi connectivity index (χ2v) is 5.59. The highest BCUT2D eigenvalue weighted by molar-refractivity contribution is 5.13. The molecule has 1 aliphatic carbocycles. The van der Waals surface area contributed by atoms with E-state index in [1.54, 1.807) is 5.57 Å². The van der Waals surface area contributed by atoms with Crippen LogP contribution in [-0.4, -0.2) is 22.9 Å². The van der Waals surface area contributed by atoms with Gasteiger partial charge in [-0.15, -0.1) is 0 Å². The summed E-state index contributed by atoms with van der Waals surface area (Å²) < 4.78 is 2.13. The van der Waals surface area contributed by atoms with Crippen LogP contribution < -0.4 is 5.32 Å². The number of aromatic nitrogens is 2. The molecule has 1 heterocycles. The van der Waals surface area contributed by atoms with Crippen LogP contribution in [0.15, 0.2) is 17.7 Å². The Morgan fingerprint density at radius 2 is 2.21 bits per heavy atom. The fraction of sp³-hybridized carbons (Fsp3) is 0.688. The zero-order chi connectivity index (χ0) is 13.7. The monoisotopic (exact) mass is 261 g/mol. The molecule has 0 aliphatic heterocycles. The maximum Gasteiger partial charge on any atom is 0.0596 e. The summed E-state index contributed by atoms with van der Waals surface area (Å²) in [6.45, 7) is 5.20. The highest BCUT2D eigenvalue weighted by Crippen LogP contribution is 2.22. The molecule has 1 N–H and O–H groups in total. The molecule has 1 aromatic heterocycles. The molecule has 0 saturated carbocycles. The van der Waals surface area contributed by atoms with Crippen LogP contribution in [0.4, 0.5) is 0 Å². The summed E-state index contributed by atoms with van der Waals surface area (Å²) in [5, 5.41) is 8.01. The van der Waals surface area contributed by atoms with Gasteiger partial charge in [0.1, 0.15) is 0 Å². The first-order valence-corrected chi connectivity index (χ1v) is 7.61. The molecule has 1 aliphatic rings. The Labute approximate surface area is 117 Å². The number of hydrogen-bond donors (Lipinski definition) is 1. The highest BCUT2D eigenvalue weighted by atomic mass is 15.3. The minimum absolute atomic E-state index is 0.533. The van der Waals surface area contributed by atoms with E-state index in [1.807, 2.05) is 0 Å². The largest absolute Gasteiger partial charge is 0.316 e. The average molecular weight is 261 g/mol. The summed E-state index contributed by atoms with van der Waals surface area (Å²) in [4.78, 5) is 0. The van der Waals surface area contributed by atoms with Gasteiger partial charge in [0, 0.05) is 24.7 Å². The van der Waals surface area contributed by atoms with Crippen LogP contribution in [0.5, 0.6) is 0 Å². The van der Waals surface area contributed by atoms with Gasteiger partial charge in [-0.05, 0) is 59.1 Å². The van der Waals surface area contributed by atoms with E-state index in [9.17, 15) is 0 Å². The molecule has 1 unspecified atom stereocenters. The Balaban J connectivity index is 1.99. The Hall–Kier alpha value is -1.09. The van der Waals surface area contributed by atoms with Gasteiger partial charge in [0.2, 0.25) is 0 Å². The average Bonchev–Trinajstić information content (AvgIpc) is 2.79. The van der Waals surface area contributed by atoms with Crippen molar-refractivity contribution in [1.82, 2.24) is 15.1 Å². The summed E-state index contributed by atoms with van der Waals surface area (Å²) in [6, 6.07) is 2.76. The van der Waals surface area contributed by atoms with Crippen molar-refractivity contribution in [3.8, 4) is 0 Å². The molecular weight excluding hydrogens is 234 g/mol. The first-order chi connectivity index (χ1) is 9.22. The Morgan fingerprint density at radius 1 is 1.37 bits per heavy atom. The molecule has 0 spiro atoms. The van der Waals surface area contributed by atoms with E-state index in [4.69, 9.17) is 0 Å². The van der Waals surface area contributed by atoms with Crippen molar-refractivity contribution in [2.75, 3.05) is 7.05 Å². The molecule has 0 amide bonds. The van der Waals surface area contributed by atoms with E-state index in [-0.39, 0.29) is 0 Å². The fourth-order valence-electron chi connectivity index (χ4n) is 2.97. The molecule has 3 heteroatoms. The standard InChI is InChI=1S/C16H27N3/c1-4-19-16(10-13(2)18-19)12-15(17-3)11-14-8-6-5-7-9-14/h8,10,15,17H,4-7,9,11-12H2,1-3H3. The maximum absolute atomic E-state index is 4.54. The molecule has 0 radical (unpaired) electrons.